The number of carbonyl (C=O) groups excluding carboxylic acids is 1. The van der Waals surface area contributed by atoms with Crippen molar-refractivity contribution in [3.05, 3.63) is 29.8 Å². The summed E-state index contributed by atoms with van der Waals surface area (Å²) < 4.78 is 54.5. The van der Waals surface area contributed by atoms with Crippen LogP contribution in [0, 0.1) is 35.3 Å². The standard InChI is InChI=1S/C21H28F2N2O3S/c1-21(2,25-29(27,28)18-4-3-16(22)10-17(18)23)11-19(26)24-20-14-6-12-5-13(8-14)9-15(20)7-12/h3-4,10,12-15,20,25H,5-9,11H2,1-2H3,(H,24,26). The van der Waals surface area contributed by atoms with Crippen LogP contribution < -0.4 is 10.0 Å². The third-order valence-corrected chi connectivity index (χ3v) is 8.48. The van der Waals surface area contributed by atoms with E-state index < -0.39 is 32.1 Å². The number of rotatable bonds is 6. The SMILES string of the molecule is CC(C)(CC(=O)NC1C2CC3CC(C2)CC1C3)NS(=O)(=O)c1ccc(F)cc1F. The van der Waals surface area contributed by atoms with E-state index in [-0.39, 0.29) is 18.4 Å². The molecule has 1 aromatic rings. The van der Waals surface area contributed by atoms with Crippen LogP contribution in [0.5, 0.6) is 0 Å². The minimum absolute atomic E-state index is 0.0577. The molecule has 8 heteroatoms. The van der Waals surface area contributed by atoms with Crippen molar-refractivity contribution < 1.29 is 22.0 Å². The summed E-state index contributed by atoms with van der Waals surface area (Å²) in [5.41, 5.74) is -1.12. The molecule has 1 amide bonds. The van der Waals surface area contributed by atoms with Crippen LogP contribution in [0.25, 0.3) is 0 Å². The third kappa shape index (κ3) is 4.33. The highest BCUT2D eigenvalue weighted by atomic mass is 32.2. The fourth-order valence-corrected chi connectivity index (χ4v) is 7.42. The Labute approximate surface area is 170 Å². The van der Waals surface area contributed by atoms with E-state index >= 15 is 0 Å². The second kappa shape index (κ2) is 7.30. The second-order valence-corrected chi connectivity index (χ2v) is 11.4. The topological polar surface area (TPSA) is 75.3 Å². The molecule has 0 aliphatic heterocycles. The highest BCUT2D eigenvalue weighted by Gasteiger charge is 2.48. The number of nitrogens with one attached hydrogen (secondary N) is 2. The van der Waals surface area contributed by atoms with Crippen LogP contribution in [0.1, 0.15) is 52.4 Å². The van der Waals surface area contributed by atoms with Gasteiger partial charge < -0.3 is 5.32 Å². The quantitative estimate of drug-likeness (QED) is 0.733. The molecule has 5 nitrogen and oxygen atoms in total. The van der Waals surface area contributed by atoms with Crippen LogP contribution in [0.15, 0.2) is 23.1 Å². The average molecular weight is 427 g/mol. The van der Waals surface area contributed by atoms with Gasteiger partial charge in [-0.3, -0.25) is 4.79 Å². The maximum absolute atomic E-state index is 13.9. The van der Waals surface area contributed by atoms with Gasteiger partial charge in [0, 0.05) is 24.1 Å². The van der Waals surface area contributed by atoms with Gasteiger partial charge in [0.1, 0.15) is 16.5 Å². The van der Waals surface area contributed by atoms with Crippen molar-refractivity contribution in [3.8, 4) is 0 Å². The van der Waals surface area contributed by atoms with Crippen molar-refractivity contribution in [2.45, 2.75) is 68.8 Å². The van der Waals surface area contributed by atoms with Gasteiger partial charge in [0.25, 0.3) is 0 Å². The zero-order valence-corrected chi connectivity index (χ0v) is 17.6. The minimum atomic E-state index is -4.23. The van der Waals surface area contributed by atoms with Crippen LogP contribution in [-0.4, -0.2) is 25.9 Å². The number of benzene rings is 1. The van der Waals surface area contributed by atoms with Crippen molar-refractivity contribution in [1.82, 2.24) is 10.0 Å². The summed E-state index contributed by atoms with van der Waals surface area (Å²) in [4.78, 5) is 12.1. The minimum Gasteiger partial charge on any atom is -0.353 e. The zero-order valence-electron chi connectivity index (χ0n) is 16.8. The molecule has 0 radical (unpaired) electrons. The number of halogens is 2. The molecule has 0 saturated heterocycles. The first-order valence-corrected chi connectivity index (χ1v) is 11.8. The highest BCUT2D eigenvalue weighted by molar-refractivity contribution is 7.89. The van der Waals surface area contributed by atoms with Crippen LogP contribution in [-0.2, 0) is 14.8 Å². The van der Waals surface area contributed by atoms with Crippen molar-refractivity contribution in [2.75, 3.05) is 0 Å². The molecule has 4 aliphatic carbocycles. The lowest BCUT2D eigenvalue weighted by molar-refractivity contribution is -0.126. The van der Waals surface area contributed by atoms with Gasteiger partial charge in [-0.15, -0.1) is 0 Å². The van der Waals surface area contributed by atoms with E-state index in [1.807, 2.05) is 0 Å². The molecule has 1 aromatic carbocycles. The van der Waals surface area contributed by atoms with Gasteiger partial charge in [-0.2, -0.15) is 0 Å². The lowest BCUT2D eigenvalue weighted by Gasteiger charge is -2.54. The molecule has 4 saturated carbocycles. The van der Waals surface area contributed by atoms with Gasteiger partial charge in [0.15, 0.2) is 0 Å². The number of carbonyl (C=O) groups is 1. The zero-order chi connectivity index (χ0) is 21.0. The molecule has 0 unspecified atom stereocenters. The molecule has 160 valence electrons. The summed E-state index contributed by atoms with van der Waals surface area (Å²) in [6.07, 6.45) is 5.99. The molecule has 5 rings (SSSR count). The van der Waals surface area contributed by atoms with E-state index in [9.17, 15) is 22.0 Å². The Bertz CT molecular complexity index is 889. The number of hydrogen-bond acceptors (Lipinski definition) is 3. The first-order valence-electron chi connectivity index (χ1n) is 10.3. The molecule has 4 fully saturated rings. The summed E-state index contributed by atoms with van der Waals surface area (Å²) in [6, 6.07) is 2.49. The smallest absolute Gasteiger partial charge is 0.243 e. The Morgan fingerprint density at radius 2 is 1.66 bits per heavy atom. The first-order chi connectivity index (χ1) is 13.5. The van der Waals surface area contributed by atoms with Gasteiger partial charge in [0.2, 0.25) is 15.9 Å². The van der Waals surface area contributed by atoms with Crippen LogP contribution in [0.3, 0.4) is 0 Å². The lowest BCUT2D eigenvalue weighted by atomic mass is 9.54. The van der Waals surface area contributed by atoms with Gasteiger partial charge in [0.05, 0.1) is 0 Å². The molecule has 4 aliphatic rings. The Kier molecular flexibility index (Phi) is 5.22. The van der Waals surface area contributed by atoms with E-state index in [0.29, 0.717) is 17.9 Å². The van der Waals surface area contributed by atoms with Gasteiger partial charge in [-0.05, 0) is 81.8 Å². The first kappa shape index (κ1) is 20.7. The number of hydrogen-bond donors (Lipinski definition) is 2. The molecule has 2 N–H and O–H groups in total. The molecule has 0 atom stereocenters. The molecule has 0 heterocycles. The average Bonchev–Trinajstić information content (AvgIpc) is 2.55. The van der Waals surface area contributed by atoms with Crippen LogP contribution >= 0.6 is 0 Å². The maximum Gasteiger partial charge on any atom is 0.243 e. The Hall–Kier alpha value is -1.54. The highest BCUT2D eigenvalue weighted by Crippen LogP contribution is 2.53. The van der Waals surface area contributed by atoms with Crippen molar-refractivity contribution in [3.63, 3.8) is 0 Å². The van der Waals surface area contributed by atoms with E-state index in [2.05, 4.69) is 10.0 Å². The second-order valence-electron chi connectivity index (χ2n) is 9.76. The van der Waals surface area contributed by atoms with Crippen molar-refractivity contribution >= 4 is 15.9 Å². The molecular weight excluding hydrogens is 398 g/mol. The van der Waals surface area contributed by atoms with E-state index in [4.69, 9.17) is 0 Å². The Balaban J connectivity index is 1.40. The van der Waals surface area contributed by atoms with Crippen molar-refractivity contribution in [2.24, 2.45) is 23.7 Å². The molecular formula is C21H28F2N2O3S. The normalized spacial score (nSPS) is 31.1. The van der Waals surface area contributed by atoms with Crippen molar-refractivity contribution in [1.29, 1.82) is 0 Å². The van der Waals surface area contributed by atoms with Gasteiger partial charge >= 0.3 is 0 Å². The van der Waals surface area contributed by atoms with E-state index in [1.165, 1.54) is 32.1 Å². The number of amides is 1. The summed E-state index contributed by atoms with van der Waals surface area (Å²) >= 11 is 0. The Morgan fingerprint density at radius 1 is 1.07 bits per heavy atom. The fraction of sp³-hybridized carbons (Fsp3) is 0.667. The molecule has 0 aromatic heterocycles. The number of sulfonamides is 1. The summed E-state index contributed by atoms with van der Waals surface area (Å²) in [7, 11) is -4.23. The van der Waals surface area contributed by atoms with Gasteiger partial charge in [-0.25, -0.2) is 21.9 Å². The monoisotopic (exact) mass is 426 g/mol. The lowest BCUT2D eigenvalue weighted by Crippen LogP contribution is -2.57. The Morgan fingerprint density at radius 3 is 2.21 bits per heavy atom. The van der Waals surface area contributed by atoms with Gasteiger partial charge in [-0.1, -0.05) is 0 Å². The van der Waals surface area contributed by atoms with Crippen LogP contribution in [0.4, 0.5) is 8.78 Å². The van der Waals surface area contributed by atoms with Crippen LogP contribution in [0.2, 0.25) is 0 Å². The van der Waals surface area contributed by atoms with E-state index in [1.54, 1.807) is 13.8 Å². The largest absolute Gasteiger partial charge is 0.353 e. The fourth-order valence-electron chi connectivity index (χ4n) is 5.95. The summed E-state index contributed by atoms with van der Waals surface area (Å²) in [6.45, 7) is 3.17. The molecule has 4 bridgehead atoms. The predicted molar refractivity (Wildman–Crippen MR) is 104 cm³/mol. The van der Waals surface area contributed by atoms with E-state index in [0.717, 1.165) is 24.0 Å². The molecule has 0 spiro atoms. The predicted octanol–water partition coefficient (Wildman–Crippen LogP) is 3.35. The summed E-state index contributed by atoms with van der Waals surface area (Å²) in [5, 5.41) is 3.17. The summed E-state index contributed by atoms with van der Waals surface area (Å²) in [5.74, 6) is 0.461. The maximum atomic E-state index is 13.9. The molecule has 29 heavy (non-hydrogen) atoms. The third-order valence-electron chi connectivity index (χ3n) is 6.75.